The third kappa shape index (κ3) is 12.1. The maximum atomic E-state index is 11.0. The van der Waals surface area contributed by atoms with Gasteiger partial charge in [-0.25, -0.2) is 0 Å². The molecule has 4 nitrogen and oxygen atoms in total. The highest BCUT2D eigenvalue weighted by atomic mass is 16.2. The number of carbonyl (C=O) groups excluding carboxylic acids is 2. The summed E-state index contributed by atoms with van der Waals surface area (Å²) in [4.78, 5) is 22.1. The third-order valence-electron chi connectivity index (χ3n) is 4.16. The molecule has 2 atom stereocenters. The second-order valence-electron chi connectivity index (χ2n) is 9.00. The van der Waals surface area contributed by atoms with Crippen molar-refractivity contribution >= 4 is 11.8 Å². The third-order valence-corrected chi connectivity index (χ3v) is 4.16. The van der Waals surface area contributed by atoms with Crippen LogP contribution in [0, 0.1) is 22.7 Å². The van der Waals surface area contributed by atoms with Gasteiger partial charge in [-0.1, -0.05) is 41.5 Å². The minimum atomic E-state index is 0.0433. The first-order valence-electron chi connectivity index (χ1n) is 8.82. The van der Waals surface area contributed by atoms with Crippen molar-refractivity contribution in [3.63, 3.8) is 0 Å². The topological polar surface area (TPSA) is 58.2 Å². The first-order valence-corrected chi connectivity index (χ1v) is 8.82. The molecular formula is C19H38N2O2. The van der Waals surface area contributed by atoms with Crippen molar-refractivity contribution in [2.75, 3.05) is 13.1 Å². The van der Waals surface area contributed by atoms with Crippen LogP contribution >= 0.6 is 0 Å². The van der Waals surface area contributed by atoms with Crippen LogP contribution < -0.4 is 10.6 Å². The van der Waals surface area contributed by atoms with Crippen LogP contribution in [0.5, 0.6) is 0 Å². The molecule has 23 heavy (non-hydrogen) atoms. The van der Waals surface area contributed by atoms with E-state index in [4.69, 9.17) is 0 Å². The monoisotopic (exact) mass is 326 g/mol. The molecule has 0 aromatic heterocycles. The first-order chi connectivity index (χ1) is 10.3. The largest absolute Gasteiger partial charge is 0.356 e. The molecule has 0 spiro atoms. The molecule has 0 aliphatic carbocycles. The van der Waals surface area contributed by atoms with E-state index in [1.807, 2.05) is 0 Å². The molecule has 0 bridgehead atoms. The Kier molecular flexibility index (Phi) is 8.86. The van der Waals surface area contributed by atoms with Crippen molar-refractivity contribution in [2.45, 2.75) is 74.7 Å². The summed E-state index contributed by atoms with van der Waals surface area (Å²) in [6, 6.07) is 0. The van der Waals surface area contributed by atoms with Crippen molar-refractivity contribution in [3.8, 4) is 0 Å². The molecule has 2 amide bonds. The van der Waals surface area contributed by atoms with E-state index >= 15 is 0 Å². The molecule has 4 heteroatoms. The molecule has 0 aromatic rings. The Labute approximate surface area is 143 Å². The maximum absolute atomic E-state index is 11.0. The van der Waals surface area contributed by atoms with Crippen LogP contribution in [0.25, 0.3) is 0 Å². The number of hydrogen-bond donors (Lipinski definition) is 2. The fourth-order valence-corrected chi connectivity index (χ4v) is 4.11. The van der Waals surface area contributed by atoms with Crippen molar-refractivity contribution in [1.82, 2.24) is 10.6 Å². The Morgan fingerprint density at radius 1 is 0.783 bits per heavy atom. The maximum Gasteiger partial charge on any atom is 0.216 e. The molecule has 0 saturated carbocycles. The van der Waals surface area contributed by atoms with Gasteiger partial charge in [0.25, 0.3) is 0 Å². The molecule has 0 aliphatic rings. The number of amides is 2. The Morgan fingerprint density at radius 2 is 1.09 bits per heavy atom. The van der Waals surface area contributed by atoms with Crippen LogP contribution in [0.1, 0.15) is 74.7 Å². The first kappa shape index (κ1) is 21.9. The summed E-state index contributed by atoms with van der Waals surface area (Å²) >= 11 is 0. The van der Waals surface area contributed by atoms with Gasteiger partial charge in [-0.2, -0.15) is 0 Å². The zero-order valence-corrected chi connectivity index (χ0v) is 16.5. The van der Waals surface area contributed by atoms with E-state index in [-0.39, 0.29) is 22.6 Å². The highest BCUT2D eigenvalue weighted by Gasteiger charge is 2.31. The SMILES string of the molecule is CC(=O)NCC(C)CC(C)(C)CC(C)(C)CC(C)CNC(C)=O. The van der Waals surface area contributed by atoms with E-state index < -0.39 is 0 Å². The molecular weight excluding hydrogens is 288 g/mol. The van der Waals surface area contributed by atoms with Crippen molar-refractivity contribution in [2.24, 2.45) is 22.7 Å². The van der Waals surface area contributed by atoms with Crippen molar-refractivity contribution < 1.29 is 9.59 Å². The lowest BCUT2D eigenvalue weighted by molar-refractivity contribution is -0.120. The smallest absolute Gasteiger partial charge is 0.216 e. The fraction of sp³-hybridized carbons (Fsp3) is 0.895. The molecule has 0 fully saturated rings. The summed E-state index contributed by atoms with van der Waals surface area (Å²) in [6.45, 7) is 18.3. The second-order valence-corrected chi connectivity index (χ2v) is 9.00. The van der Waals surface area contributed by atoms with Crippen LogP contribution in [0.15, 0.2) is 0 Å². The number of hydrogen-bond acceptors (Lipinski definition) is 2. The summed E-state index contributed by atoms with van der Waals surface area (Å²) in [5, 5.41) is 5.82. The number of carbonyl (C=O) groups is 2. The second kappa shape index (κ2) is 9.29. The van der Waals surface area contributed by atoms with E-state index in [0.717, 1.165) is 32.4 Å². The molecule has 136 valence electrons. The van der Waals surface area contributed by atoms with Gasteiger partial charge >= 0.3 is 0 Å². The van der Waals surface area contributed by atoms with Crippen LogP contribution in [0.2, 0.25) is 0 Å². The van der Waals surface area contributed by atoms with E-state index in [1.165, 1.54) is 0 Å². The quantitative estimate of drug-likeness (QED) is 0.642. The van der Waals surface area contributed by atoms with Crippen molar-refractivity contribution in [3.05, 3.63) is 0 Å². The molecule has 0 heterocycles. The van der Waals surface area contributed by atoms with Gasteiger partial charge in [0.15, 0.2) is 0 Å². The minimum Gasteiger partial charge on any atom is -0.356 e. The van der Waals surface area contributed by atoms with Gasteiger partial charge in [0, 0.05) is 26.9 Å². The summed E-state index contributed by atoms with van der Waals surface area (Å²) in [6.07, 6.45) is 3.32. The van der Waals surface area contributed by atoms with E-state index in [2.05, 4.69) is 52.2 Å². The van der Waals surface area contributed by atoms with Gasteiger partial charge in [-0.3, -0.25) is 9.59 Å². The lowest BCUT2D eigenvalue weighted by Gasteiger charge is -2.38. The Balaban J connectivity index is 4.42. The number of rotatable bonds is 10. The molecule has 0 saturated heterocycles. The zero-order valence-electron chi connectivity index (χ0n) is 16.5. The van der Waals surface area contributed by atoms with Crippen molar-refractivity contribution in [1.29, 1.82) is 0 Å². The predicted molar refractivity (Wildman–Crippen MR) is 97.1 cm³/mol. The van der Waals surface area contributed by atoms with Gasteiger partial charge in [-0.05, 0) is 41.9 Å². The summed E-state index contributed by atoms with van der Waals surface area (Å²) in [5.74, 6) is 1.03. The van der Waals surface area contributed by atoms with Crippen LogP contribution in [-0.4, -0.2) is 24.9 Å². The van der Waals surface area contributed by atoms with Crippen LogP contribution in [0.4, 0.5) is 0 Å². The summed E-state index contributed by atoms with van der Waals surface area (Å²) < 4.78 is 0. The average molecular weight is 327 g/mol. The average Bonchev–Trinajstić information content (AvgIpc) is 2.31. The molecule has 0 aliphatic heterocycles. The summed E-state index contributed by atoms with van der Waals surface area (Å²) in [7, 11) is 0. The predicted octanol–water partition coefficient (Wildman–Crippen LogP) is 3.75. The Bertz CT molecular complexity index is 353. The van der Waals surface area contributed by atoms with E-state index in [1.54, 1.807) is 13.8 Å². The fourth-order valence-electron chi connectivity index (χ4n) is 4.11. The van der Waals surface area contributed by atoms with E-state index in [0.29, 0.717) is 11.8 Å². The van der Waals surface area contributed by atoms with E-state index in [9.17, 15) is 9.59 Å². The zero-order chi connectivity index (χ0) is 18.3. The number of nitrogens with one attached hydrogen (secondary N) is 2. The highest BCUT2D eigenvalue weighted by Crippen LogP contribution is 2.41. The van der Waals surface area contributed by atoms with Gasteiger partial charge < -0.3 is 10.6 Å². The molecule has 0 radical (unpaired) electrons. The lowest BCUT2D eigenvalue weighted by Crippen LogP contribution is -2.33. The van der Waals surface area contributed by atoms with Crippen LogP contribution in [-0.2, 0) is 9.59 Å². The lowest BCUT2D eigenvalue weighted by atomic mass is 9.68. The Morgan fingerprint density at radius 3 is 1.35 bits per heavy atom. The minimum absolute atomic E-state index is 0.0433. The summed E-state index contributed by atoms with van der Waals surface area (Å²) in [5.41, 5.74) is 0.463. The van der Waals surface area contributed by atoms with Gasteiger partial charge in [0.2, 0.25) is 11.8 Å². The van der Waals surface area contributed by atoms with Gasteiger partial charge in [0.05, 0.1) is 0 Å². The Hall–Kier alpha value is -1.06. The van der Waals surface area contributed by atoms with Crippen LogP contribution in [0.3, 0.4) is 0 Å². The molecule has 0 aromatic carbocycles. The molecule has 2 N–H and O–H groups in total. The normalized spacial score (nSPS) is 15.0. The highest BCUT2D eigenvalue weighted by molar-refractivity contribution is 5.73. The molecule has 2 unspecified atom stereocenters. The standard InChI is InChI=1S/C19H38N2O2/c1-14(11-20-16(3)22)9-18(5,6)13-19(7,8)10-15(2)12-21-17(4)23/h14-15H,9-13H2,1-8H3,(H,20,22)(H,21,23). The van der Waals surface area contributed by atoms with Gasteiger partial charge in [-0.15, -0.1) is 0 Å². The van der Waals surface area contributed by atoms with Gasteiger partial charge in [0.1, 0.15) is 0 Å². The molecule has 0 rings (SSSR count).